The monoisotopic (exact) mass is 460 g/mol. The van der Waals surface area contributed by atoms with Gasteiger partial charge in [-0.3, -0.25) is 9.59 Å². The van der Waals surface area contributed by atoms with Gasteiger partial charge in [0.1, 0.15) is 6.10 Å². The molecule has 166 valence electrons. The summed E-state index contributed by atoms with van der Waals surface area (Å²) in [7, 11) is 1.73. The van der Waals surface area contributed by atoms with Gasteiger partial charge in [0.15, 0.2) is 11.2 Å². The lowest BCUT2D eigenvalue weighted by Gasteiger charge is -2.07. The Morgan fingerprint density at radius 1 is 1.18 bits per heavy atom. The summed E-state index contributed by atoms with van der Waals surface area (Å²) >= 11 is 5.87. The number of hydrogen-bond donors (Lipinski definition) is 2. The first kappa shape index (κ1) is 22.4. The van der Waals surface area contributed by atoms with Gasteiger partial charge in [-0.1, -0.05) is 60.0 Å². The molecule has 0 aliphatic heterocycles. The minimum absolute atomic E-state index is 0.0604. The number of rotatable bonds is 5. The van der Waals surface area contributed by atoms with Gasteiger partial charge in [-0.2, -0.15) is 0 Å². The highest BCUT2D eigenvalue weighted by atomic mass is 35.5. The van der Waals surface area contributed by atoms with E-state index in [4.69, 9.17) is 16.0 Å². The average molecular weight is 461 g/mol. The predicted molar refractivity (Wildman–Crippen MR) is 127 cm³/mol. The molecule has 4 aromatic rings. The number of fused-ring (bicyclic) bond motifs is 1. The summed E-state index contributed by atoms with van der Waals surface area (Å²) in [6, 6.07) is 17.8. The number of aromatic nitrogens is 1. The SMILES string of the molecule is Cn1cc(CC(=O)NCc2ccc(Cl)cc2)c(=O)c2cc(C#CC(O)c3ccccc3)oc21. The second kappa shape index (κ2) is 9.78. The van der Waals surface area contributed by atoms with E-state index in [1.165, 1.54) is 6.07 Å². The highest BCUT2D eigenvalue weighted by Gasteiger charge is 2.15. The average Bonchev–Trinajstić information content (AvgIpc) is 3.26. The van der Waals surface area contributed by atoms with E-state index in [0.717, 1.165) is 5.56 Å². The number of nitrogens with one attached hydrogen (secondary N) is 1. The number of aliphatic hydroxyl groups excluding tert-OH is 1. The molecule has 0 bridgehead atoms. The molecule has 1 unspecified atom stereocenters. The molecule has 2 aromatic heterocycles. The van der Waals surface area contributed by atoms with Crippen LogP contribution in [0.4, 0.5) is 0 Å². The standard InChI is InChI=1S/C26H21ClN2O4/c1-29-16-19(13-24(31)28-15-17-7-9-20(27)10-8-17)25(32)22-14-21(33-26(22)29)11-12-23(30)18-5-3-2-4-6-18/h2-10,14,16,23,30H,13,15H2,1H3,(H,28,31). The van der Waals surface area contributed by atoms with Crippen LogP contribution in [0.1, 0.15) is 28.6 Å². The van der Waals surface area contributed by atoms with Crippen molar-refractivity contribution in [2.24, 2.45) is 7.05 Å². The Bertz CT molecular complexity index is 1410. The van der Waals surface area contributed by atoms with Crippen LogP contribution < -0.4 is 10.7 Å². The lowest BCUT2D eigenvalue weighted by molar-refractivity contribution is -0.120. The largest absolute Gasteiger partial charge is 0.431 e. The Labute approximate surface area is 195 Å². The molecular weight excluding hydrogens is 440 g/mol. The van der Waals surface area contributed by atoms with E-state index in [1.54, 1.807) is 42.1 Å². The molecular formula is C26H21ClN2O4. The Kier molecular flexibility index (Phi) is 6.64. The third-order valence-electron chi connectivity index (χ3n) is 5.12. The van der Waals surface area contributed by atoms with Crippen LogP contribution in [0.2, 0.25) is 5.02 Å². The fourth-order valence-corrected chi connectivity index (χ4v) is 3.54. The molecule has 2 aromatic carbocycles. The number of aryl methyl sites for hydroxylation is 1. The van der Waals surface area contributed by atoms with Gasteiger partial charge in [0.05, 0.1) is 11.8 Å². The Hall–Kier alpha value is -3.79. The van der Waals surface area contributed by atoms with Crippen molar-refractivity contribution < 1.29 is 14.3 Å². The first-order valence-corrected chi connectivity index (χ1v) is 10.7. The molecule has 7 heteroatoms. The smallest absolute Gasteiger partial charge is 0.224 e. The molecule has 2 heterocycles. The fourth-order valence-electron chi connectivity index (χ4n) is 3.41. The zero-order valence-electron chi connectivity index (χ0n) is 17.8. The number of benzene rings is 2. The number of carbonyl (C=O) groups is 1. The summed E-state index contributed by atoms with van der Waals surface area (Å²) in [4.78, 5) is 25.3. The molecule has 0 fully saturated rings. The van der Waals surface area contributed by atoms with Gasteiger partial charge in [-0.15, -0.1) is 0 Å². The van der Waals surface area contributed by atoms with Crippen LogP contribution in [-0.2, 0) is 24.8 Å². The fraction of sp³-hybridized carbons (Fsp3) is 0.154. The first-order valence-electron chi connectivity index (χ1n) is 10.3. The summed E-state index contributed by atoms with van der Waals surface area (Å²) in [6.07, 6.45) is 0.557. The molecule has 0 aliphatic rings. The van der Waals surface area contributed by atoms with Gasteiger partial charge in [0.2, 0.25) is 11.6 Å². The Balaban J connectivity index is 1.51. The van der Waals surface area contributed by atoms with Crippen LogP contribution >= 0.6 is 11.6 Å². The maximum absolute atomic E-state index is 12.9. The van der Waals surface area contributed by atoms with Crippen LogP contribution in [0.25, 0.3) is 11.1 Å². The predicted octanol–water partition coefficient (Wildman–Crippen LogP) is 3.73. The number of furan rings is 1. The van der Waals surface area contributed by atoms with Gasteiger partial charge in [0, 0.05) is 36.4 Å². The van der Waals surface area contributed by atoms with Crippen molar-refractivity contribution in [3.05, 3.63) is 105 Å². The zero-order chi connectivity index (χ0) is 23.4. The van der Waals surface area contributed by atoms with Gasteiger partial charge < -0.3 is 19.4 Å². The van der Waals surface area contributed by atoms with Gasteiger partial charge >= 0.3 is 0 Å². The molecule has 4 rings (SSSR count). The van der Waals surface area contributed by atoms with E-state index in [2.05, 4.69) is 17.2 Å². The molecule has 2 N–H and O–H groups in total. The lowest BCUT2D eigenvalue weighted by Crippen LogP contribution is -2.27. The second-order valence-corrected chi connectivity index (χ2v) is 8.02. The quantitative estimate of drug-likeness (QED) is 0.444. The van der Waals surface area contributed by atoms with E-state index in [-0.39, 0.29) is 23.5 Å². The number of hydrogen-bond acceptors (Lipinski definition) is 4. The molecule has 0 spiro atoms. The highest BCUT2D eigenvalue weighted by molar-refractivity contribution is 6.30. The van der Waals surface area contributed by atoms with Crippen LogP contribution in [-0.4, -0.2) is 15.6 Å². The maximum atomic E-state index is 12.9. The molecule has 33 heavy (non-hydrogen) atoms. The van der Waals surface area contributed by atoms with E-state index in [1.807, 2.05) is 30.3 Å². The van der Waals surface area contributed by atoms with Crippen LogP contribution in [0.5, 0.6) is 0 Å². The maximum Gasteiger partial charge on any atom is 0.224 e. The minimum atomic E-state index is -0.972. The number of nitrogens with zero attached hydrogens (tertiary/aromatic N) is 1. The summed E-state index contributed by atoms with van der Waals surface area (Å²) in [5.74, 6) is 5.50. The first-order chi connectivity index (χ1) is 15.9. The number of pyridine rings is 1. The number of aliphatic hydroxyl groups is 1. The van der Waals surface area contributed by atoms with Crippen molar-refractivity contribution in [1.29, 1.82) is 0 Å². The van der Waals surface area contributed by atoms with Crippen LogP contribution in [0, 0.1) is 11.8 Å². The summed E-state index contributed by atoms with van der Waals surface area (Å²) in [6.45, 7) is 0.341. The van der Waals surface area contributed by atoms with Crippen molar-refractivity contribution in [1.82, 2.24) is 9.88 Å². The Morgan fingerprint density at radius 3 is 2.64 bits per heavy atom. The van der Waals surface area contributed by atoms with Crippen LogP contribution in [0.15, 0.2) is 76.1 Å². The lowest BCUT2D eigenvalue weighted by atomic mass is 10.1. The van der Waals surface area contributed by atoms with E-state index >= 15 is 0 Å². The van der Waals surface area contributed by atoms with Gasteiger partial charge in [-0.05, 0) is 29.2 Å². The van der Waals surface area contributed by atoms with Crippen molar-refractivity contribution >= 4 is 28.6 Å². The molecule has 0 radical (unpaired) electrons. The topological polar surface area (TPSA) is 84.5 Å². The molecule has 0 saturated heterocycles. The molecule has 6 nitrogen and oxygen atoms in total. The van der Waals surface area contributed by atoms with E-state index in [0.29, 0.717) is 33.8 Å². The second-order valence-electron chi connectivity index (χ2n) is 7.59. The number of amides is 1. The van der Waals surface area contributed by atoms with Gasteiger partial charge in [-0.25, -0.2) is 0 Å². The summed E-state index contributed by atoms with van der Waals surface area (Å²) < 4.78 is 7.36. The van der Waals surface area contributed by atoms with Gasteiger partial charge in [0.25, 0.3) is 0 Å². The molecule has 1 atom stereocenters. The third kappa shape index (κ3) is 5.35. The zero-order valence-corrected chi connectivity index (χ0v) is 18.6. The highest BCUT2D eigenvalue weighted by Crippen LogP contribution is 2.17. The number of halogens is 1. The van der Waals surface area contributed by atoms with Crippen molar-refractivity contribution in [3.63, 3.8) is 0 Å². The molecule has 1 amide bonds. The van der Waals surface area contributed by atoms with Crippen molar-refractivity contribution in [2.45, 2.75) is 19.1 Å². The normalized spacial score (nSPS) is 11.6. The van der Waals surface area contributed by atoms with Crippen LogP contribution in [0.3, 0.4) is 0 Å². The third-order valence-corrected chi connectivity index (χ3v) is 5.37. The van der Waals surface area contributed by atoms with E-state index in [9.17, 15) is 14.7 Å². The van der Waals surface area contributed by atoms with Crippen molar-refractivity contribution in [2.75, 3.05) is 0 Å². The summed E-state index contributed by atoms with van der Waals surface area (Å²) in [5.41, 5.74) is 1.99. The van der Waals surface area contributed by atoms with Crippen molar-refractivity contribution in [3.8, 4) is 11.8 Å². The minimum Gasteiger partial charge on any atom is -0.431 e. The number of carbonyl (C=O) groups excluding carboxylic acids is 1. The molecule has 0 aliphatic carbocycles. The summed E-state index contributed by atoms with van der Waals surface area (Å²) in [5, 5.41) is 14.0. The van der Waals surface area contributed by atoms with E-state index < -0.39 is 6.10 Å². The molecule has 0 saturated carbocycles. The Morgan fingerprint density at radius 2 is 1.91 bits per heavy atom.